The lowest BCUT2D eigenvalue weighted by atomic mass is 10.1. The summed E-state index contributed by atoms with van der Waals surface area (Å²) in [6.45, 7) is 11.9. The van der Waals surface area contributed by atoms with Gasteiger partial charge in [-0.1, -0.05) is 6.92 Å². The van der Waals surface area contributed by atoms with Gasteiger partial charge in [0.2, 0.25) is 0 Å². The number of nitrogens with zero attached hydrogens (tertiary/aromatic N) is 4. The third-order valence-electron chi connectivity index (χ3n) is 4.14. The molecule has 20 heavy (non-hydrogen) atoms. The van der Waals surface area contributed by atoms with Gasteiger partial charge < -0.3 is 15.1 Å². The van der Waals surface area contributed by atoms with Gasteiger partial charge in [0.25, 0.3) is 0 Å². The first-order chi connectivity index (χ1) is 9.54. The minimum atomic E-state index is 0.536. The number of nitrogens with one attached hydrogen (secondary N) is 1. The molecule has 1 aliphatic rings. The number of rotatable bonds is 5. The summed E-state index contributed by atoms with van der Waals surface area (Å²) >= 11 is 0. The van der Waals surface area contributed by atoms with Gasteiger partial charge in [0.15, 0.2) is 0 Å². The van der Waals surface area contributed by atoms with Gasteiger partial charge >= 0.3 is 0 Å². The van der Waals surface area contributed by atoms with Crippen molar-refractivity contribution in [2.24, 2.45) is 7.05 Å². The molecule has 1 aromatic rings. The molecule has 114 valence electrons. The standard InChI is InChI=1S/C15H29N5/c1-6-7-16-10-14-13(3)17-19(5)15(14)20-9-8-18(4)11-12(20)2/h12,16H,6-11H2,1-5H3. The number of aromatic nitrogens is 2. The first-order valence-corrected chi connectivity index (χ1v) is 7.73. The molecule has 0 spiro atoms. The normalized spacial score (nSPS) is 20.6. The molecule has 0 bridgehead atoms. The van der Waals surface area contributed by atoms with Crippen molar-refractivity contribution in [3.05, 3.63) is 11.3 Å². The molecule has 2 rings (SSSR count). The molecule has 1 aliphatic heterocycles. The highest BCUT2D eigenvalue weighted by molar-refractivity contribution is 5.51. The van der Waals surface area contributed by atoms with Crippen molar-refractivity contribution in [2.45, 2.75) is 39.8 Å². The highest BCUT2D eigenvalue weighted by Gasteiger charge is 2.27. The zero-order valence-electron chi connectivity index (χ0n) is 13.6. The largest absolute Gasteiger partial charge is 0.351 e. The number of aryl methyl sites for hydroxylation is 2. The molecular formula is C15H29N5. The van der Waals surface area contributed by atoms with Gasteiger partial charge in [-0.3, -0.25) is 4.68 Å². The van der Waals surface area contributed by atoms with Crippen LogP contribution in [-0.4, -0.2) is 53.9 Å². The second-order valence-electron chi connectivity index (χ2n) is 5.99. The van der Waals surface area contributed by atoms with E-state index >= 15 is 0 Å². The maximum absolute atomic E-state index is 4.64. The summed E-state index contributed by atoms with van der Waals surface area (Å²) in [6, 6.07) is 0.536. The molecule has 0 aromatic carbocycles. The molecule has 0 saturated carbocycles. The van der Waals surface area contributed by atoms with Crippen LogP contribution >= 0.6 is 0 Å². The van der Waals surface area contributed by atoms with Crippen LogP contribution in [0.1, 0.15) is 31.5 Å². The van der Waals surface area contributed by atoms with Gasteiger partial charge in [0.05, 0.1) is 5.69 Å². The van der Waals surface area contributed by atoms with Crippen LogP contribution in [-0.2, 0) is 13.6 Å². The Kier molecular flexibility index (Phi) is 5.05. The summed E-state index contributed by atoms with van der Waals surface area (Å²) in [7, 11) is 4.27. The third kappa shape index (κ3) is 3.15. The zero-order chi connectivity index (χ0) is 14.7. The lowest BCUT2D eigenvalue weighted by Gasteiger charge is -2.40. The fraction of sp³-hybridized carbons (Fsp3) is 0.800. The minimum Gasteiger partial charge on any atom is -0.351 e. The molecule has 1 aromatic heterocycles. The van der Waals surface area contributed by atoms with Crippen LogP contribution in [0.15, 0.2) is 0 Å². The summed E-state index contributed by atoms with van der Waals surface area (Å²) < 4.78 is 2.06. The summed E-state index contributed by atoms with van der Waals surface area (Å²) in [4.78, 5) is 4.92. The summed E-state index contributed by atoms with van der Waals surface area (Å²) in [5.41, 5.74) is 2.51. The van der Waals surface area contributed by atoms with Crippen LogP contribution in [0.25, 0.3) is 0 Å². The topological polar surface area (TPSA) is 36.3 Å². The summed E-state index contributed by atoms with van der Waals surface area (Å²) in [6.07, 6.45) is 1.17. The Morgan fingerprint density at radius 1 is 1.30 bits per heavy atom. The van der Waals surface area contributed by atoms with E-state index in [0.717, 1.165) is 38.4 Å². The summed E-state index contributed by atoms with van der Waals surface area (Å²) in [5, 5.41) is 8.16. The van der Waals surface area contributed by atoms with Crippen molar-refractivity contribution in [1.29, 1.82) is 0 Å². The first kappa shape index (κ1) is 15.3. The molecule has 1 N–H and O–H groups in total. The van der Waals surface area contributed by atoms with Gasteiger partial charge in [0, 0.05) is 44.8 Å². The predicted octanol–water partition coefficient (Wildman–Crippen LogP) is 1.37. The molecule has 0 radical (unpaired) electrons. The van der Waals surface area contributed by atoms with Gasteiger partial charge in [0.1, 0.15) is 5.82 Å². The van der Waals surface area contributed by atoms with E-state index in [0.29, 0.717) is 6.04 Å². The van der Waals surface area contributed by atoms with Crippen LogP contribution < -0.4 is 10.2 Å². The Labute approximate surface area is 122 Å². The zero-order valence-corrected chi connectivity index (χ0v) is 13.6. The van der Waals surface area contributed by atoms with E-state index in [2.05, 4.69) is 59.8 Å². The van der Waals surface area contributed by atoms with Crippen molar-refractivity contribution < 1.29 is 0 Å². The predicted molar refractivity (Wildman–Crippen MR) is 84.2 cm³/mol. The second-order valence-corrected chi connectivity index (χ2v) is 5.99. The van der Waals surface area contributed by atoms with Crippen molar-refractivity contribution in [2.75, 3.05) is 38.1 Å². The molecule has 1 unspecified atom stereocenters. The fourth-order valence-electron chi connectivity index (χ4n) is 3.10. The first-order valence-electron chi connectivity index (χ1n) is 7.73. The molecule has 1 fully saturated rings. The van der Waals surface area contributed by atoms with Gasteiger partial charge in [-0.15, -0.1) is 0 Å². The number of hydrogen-bond acceptors (Lipinski definition) is 4. The lowest BCUT2D eigenvalue weighted by Crippen LogP contribution is -2.51. The average molecular weight is 279 g/mol. The highest BCUT2D eigenvalue weighted by atomic mass is 15.4. The smallest absolute Gasteiger partial charge is 0.131 e. The van der Waals surface area contributed by atoms with Gasteiger partial charge in [-0.25, -0.2) is 0 Å². The number of likely N-dealkylation sites (N-methyl/N-ethyl adjacent to an activating group) is 1. The maximum atomic E-state index is 4.64. The minimum absolute atomic E-state index is 0.536. The molecule has 1 saturated heterocycles. The third-order valence-corrected chi connectivity index (χ3v) is 4.14. The van der Waals surface area contributed by atoms with Crippen LogP contribution in [0.3, 0.4) is 0 Å². The van der Waals surface area contributed by atoms with E-state index in [-0.39, 0.29) is 0 Å². The highest BCUT2D eigenvalue weighted by Crippen LogP contribution is 2.26. The van der Waals surface area contributed by atoms with E-state index in [1.54, 1.807) is 0 Å². The van der Waals surface area contributed by atoms with Crippen LogP contribution in [0.2, 0.25) is 0 Å². The molecular weight excluding hydrogens is 250 g/mol. The fourth-order valence-corrected chi connectivity index (χ4v) is 3.10. The Morgan fingerprint density at radius 3 is 2.70 bits per heavy atom. The van der Waals surface area contributed by atoms with E-state index in [4.69, 9.17) is 0 Å². The molecule has 0 aliphatic carbocycles. The lowest BCUT2D eigenvalue weighted by molar-refractivity contribution is 0.273. The number of anilines is 1. The Bertz CT molecular complexity index is 440. The second kappa shape index (κ2) is 6.59. The van der Waals surface area contributed by atoms with E-state index in [9.17, 15) is 0 Å². The van der Waals surface area contributed by atoms with Crippen LogP contribution in [0, 0.1) is 6.92 Å². The van der Waals surface area contributed by atoms with Crippen LogP contribution in [0.5, 0.6) is 0 Å². The Morgan fingerprint density at radius 2 is 2.05 bits per heavy atom. The van der Waals surface area contributed by atoms with Crippen LogP contribution in [0.4, 0.5) is 5.82 Å². The molecule has 5 heteroatoms. The van der Waals surface area contributed by atoms with Gasteiger partial charge in [-0.2, -0.15) is 5.10 Å². The van der Waals surface area contributed by atoms with Crippen molar-refractivity contribution in [3.8, 4) is 0 Å². The Hall–Kier alpha value is -1.07. The van der Waals surface area contributed by atoms with Crippen molar-refractivity contribution in [1.82, 2.24) is 20.0 Å². The van der Waals surface area contributed by atoms with E-state index in [1.165, 1.54) is 17.8 Å². The number of hydrogen-bond donors (Lipinski definition) is 1. The SMILES string of the molecule is CCCNCc1c(C)nn(C)c1N1CCN(C)CC1C. The monoisotopic (exact) mass is 279 g/mol. The quantitative estimate of drug-likeness (QED) is 0.826. The van der Waals surface area contributed by atoms with Crippen molar-refractivity contribution >= 4 is 5.82 Å². The average Bonchev–Trinajstić information content (AvgIpc) is 2.65. The number of piperazine rings is 1. The molecule has 1 atom stereocenters. The van der Waals surface area contributed by atoms with Gasteiger partial charge in [-0.05, 0) is 33.9 Å². The Balaban J connectivity index is 2.21. The van der Waals surface area contributed by atoms with Crippen molar-refractivity contribution in [3.63, 3.8) is 0 Å². The maximum Gasteiger partial charge on any atom is 0.131 e. The van der Waals surface area contributed by atoms with E-state index in [1.807, 2.05) is 0 Å². The molecule has 5 nitrogen and oxygen atoms in total. The molecule has 2 heterocycles. The molecule has 0 amide bonds. The van der Waals surface area contributed by atoms with E-state index < -0.39 is 0 Å². The summed E-state index contributed by atoms with van der Waals surface area (Å²) in [5.74, 6) is 1.30.